The highest BCUT2D eigenvalue weighted by Crippen LogP contribution is 2.44. The molecule has 2 unspecified atom stereocenters. The Morgan fingerprint density at radius 1 is 0.905 bits per heavy atom. The molecule has 3 aliphatic rings. The van der Waals surface area contributed by atoms with E-state index in [1.807, 2.05) is 11.8 Å². The fraction of sp³-hybridized carbons (Fsp3) is 0.111. The Morgan fingerprint density at radius 3 is 2.76 bits per heavy atom. The van der Waals surface area contributed by atoms with E-state index in [2.05, 4.69) is 66.8 Å². The standard InChI is InChI=1S/C18H13BOS/c1-3-8-14-12(6-1)19-13-7-2-4-10-16(13)21-17-11-5-9-15(20-14)18(17)19/h1-11,13,16H. The summed E-state index contributed by atoms with van der Waals surface area (Å²) in [6, 6.07) is 14.9. The summed E-state index contributed by atoms with van der Waals surface area (Å²) in [6.45, 7) is 0.411. The zero-order valence-corrected chi connectivity index (χ0v) is 12.2. The minimum atomic E-state index is 0.411. The average molecular weight is 288 g/mol. The number of thioether (sulfide) groups is 1. The smallest absolute Gasteiger partial charge is 0.228 e. The van der Waals surface area contributed by atoms with E-state index in [4.69, 9.17) is 4.74 Å². The highest BCUT2D eigenvalue weighted by Gasteiger charge is 2.44. The highest BCUT2D eigenvalue weighted by molar-refractivity contribution is 8.00. The molecule has 2 aromatic rings. The first-order chi connectivity index (χ1) is 10.4. The molecular weight excluding hydrogens is 275 g/mol. The normalized spacial score (nSPS) is 23.9. The Kier molecular flexibility index (Phi) is 2.41. The number of hydrogen-bond acceptors (Lipinski definition) is 2. The molecule has 21 heavy (non-hydrogen) atoms. The summed E-state index contributed by atoms with van der Waals surface area (Å²) in [5.74, 6) is 2.56. The van der Waals surface area contributed by atoms with Crippen molar-refractivity contribution in [2.75, 3.05) is 0 Å². The summed E-state index contributed by atoms with van der Waals surface area (Å²) in [4.78, 5) is 1.37. The van der Waals surface area contributed by atoms with E-state index in [1.54, 1.807) is 0 Å². The van der Waals surface area contributed by atoms with Crippen molar-refractivity contribution in [1.82, 2.24) is 0 Å². The van der Waals surface area contributed by atoms with Crippen molar-refractivity contribution in [1.29, 1.82) is 0 Å². The number of hydrogen-bond donors (Lipinski definition) is 0. The number of benzene rings is 2. The van der Waals surface area contributed by atoms with Gasteiger partial charge in [0.25, 0.3) is 0 Å². The first kappa shape index (κ1) is 11.8. The summed E-state index contributed by atoms with van der Waals surface area (Å²) in [7, 11) is 0. The number of ether oxygens (including phenoxy) is 1. The van der Waals surface area contributed by atoms with Crippen molar-refractivity contribution in [2.45, 2.75) is 16.0 Å². The van der Waals surface area contributed by atoms with Gasteiger partial charge in [-0.25, -0.2) is 0 Å². The third kappa shape index (κ3) is 1.61. The van der Waals surface area contributed by atoms with Crippen molar-refractivity contribution in [3.05, 3.63) is 66.8 Å². The number of allylic oxidation sites excluding steroid dienone is 3. The maximum Gasteiger partial charge on any atom is 0.228 e. The van der Waals surface area contributed by atoms with E-state index < -0.39 is 0 Å². The van der Waals surface area contributed by atoms with Gasteiger partial charge in [-0.05, 0) is 34.9 Å². The Labute approximate surface area is 128 Å². The van der Waals surface area contributed by atoms with Crippen molar-refractivity contribution < 1.29 is 4.74 Å². The van der Waals surface area contributed by atoms with Crippen LogP contribution >= 0.6 is 11.8 Å². The van der Waals surface area contributed by atoms with Crippen molar-refractivity contribution in [3.8, 4) is 11.5 Å². The summed E-state index contributed by atoms with van der Waals surface area (Å²) in [6.07, 6.45) is 9.06. The van der Waals surface area contributed by atoms with Crippen LogP contribution in [0.5, 0.6) is 11.5 Å². The lowest BCUT2D eigenvalue weighted by Crippen LogP contribution is -2.54. The van der Waals surface area contributed by atoms with Crippen LogP contribution < -0.4 is 15.7 Å². The summed E-state index contributed by atoms with van der Waals surface area (Å²) >= 11 is 1.96. The molecule has 2 aliphatic heterocycles. The summed E-state index contributed by atoms with van der Waals surface area (Å²) in [5, 5.41) is 0.522. The Bertz CT molecular complexity index is 796. The molecule has 2 atom stereocenters. The van der Waals surface area contributed by atoms with Gasteiger partial charge in [-0.1, -0.05) is 48.6 Å². The quantitative estimate of drug-likeness (QED) is 0.687. The lowest BCUT2D eigenvalue weighted by atomic mass is 9.31. The van der Waals surface area contributed by atoms with Gasteiger partial charge in [-0.15, -0.1) is 11.8 Å². The molecule has 0 saturated carbocycles. The van der Waals surface area contributed by atoms with Gasteiger partial charge in [0.1, 0.15) is 11.5 Å². The van der Waals surface area contributed by atoms with E-state index in [1.165, 1.54) is 15.8 Å². The Balaban J connectivity index is 1.80. The molecule has 1 nitrogen and oxygen atoms in total. The monoisotopic (exact) mass is 288 g/mol. The van der Waals surface area contributed by atoms with Gasteiger partial charge < -0.3 is 4.74 Å². The molecule has 0 aromatic heterocycles. The van der Waals surface area contributed by atoms with Crippen molar-refractivity contribution in [3.63, 3.8) is 0 Å². The van der Waals surface area contributed by atoms with Crippen LogP contribution in [0.1, 0.15) is 0 Å². The third-order valence-corrected chi connectivity index (χ3v) is 5.94. The third-order valence-electron chi connectivity index (χ3n) is 4.58. The van der Waals surface area contributed by atoms with Crippen LogP contribution in [-0.4, -0.2) is 12.0 Å². The van der Waals surface area contributed by atoms with Gasteiger partial charge in [0.15, 0.2) is 0 Å². The molecule has 0 saturated heterocycles. The van der Waals surface area contributed by atoms with Crippen LogP contribution in [0.2, 0.25) is 5.82 Å². The second-order valence-electron chi connectivity index (χ2n) is 5.72. The minimum absolute atomic E-state index is 0.411. The molecule has 5 rings (SSSR count). The zero-order chi connectivity index (χ0) is 13.8. The SMILES string of the molecule is C1=CC2Sc3cccc4c3B(c3ccccc3O4)C2C=C1. The number of fused-ring (bicyclic) bond motifs is 4. The molecule has 0 radical (unpaired) electrons. The maximum atomic E-state index is 6.15. The minimum Gasteiger partial charge on any atom is -0.458 e. The first-order valence-corrected chi connectivity index (χ1v) is 8.21. The summed E-state index contributed by atoms with van der Waals surface area (Å²) < 4.78 is 6.15. The first-order valence-electron chi connectivity index (χ1n) is 7.33. The molecule has 1 aliphatic carbocycles. The average Bonchev–Trinajstić information content (AvgIpc) is 2.54. The highest BCUT2D eigenvalue weighted by atomic mass is 32.2. The van der Waals surface area contributed by atoms with Crippen LogP contribution in [-0.2, 0) is 0 Å². The predicted molar refractivity (Wildman–Crippen MR) is 89.7 cm³/mol. The van der Waals surface area contributed by atoms with Gasteiger partial charge in [0, 0.05) is 10.1 Å². The molecule has 0 amide bonds. The zero-order valence-electron chi connectivity index (χ0n) is 11.4. The van der Waals surface area contributed by atoms with E-state index in [0.717, 1.165) is 11.5 Å². The van der Waals surface area contributed by atoms with Gasteiger partial charge >= 0.3 is 0 Å². The Morgan fingerprint density at radius 2 is 1.76 bits per heavy atom. The molecule has 0 spiro atoms. The van der Waals surface area contributed by atoms with Crippen LogP contribution in [0.25, 0.3) is 0 Å². The second-order valence-corrected chi connectivity index (χ2v) is 6.93. The fourth-order valence-corrected chi connectivity index (χ4v) is 5.07. The maximum absolute atomic E-state index is 6.15. The number of para-hydroxylation sites is 1. The van der Waals surface area contributed by atoms with Gasteiger partial charge in [0.2, 0.25) is 6.71 Å². The predicted octanol–water partition coefficient (Wildman–Crippen LogP) is 3.37. The van der Waals surface area contributed by atoms with Crippen LogP contribution in [0.15, 0.2) is 71.7 Å². The lowest BCUT2D eigenvalue weighted by molar-refractivity contribution is 0.485. The van der Waals surface area contributed by atoms with Crippen molar-refractivity contribution in [2.24, 2.45) is 0 Å². The van der Waals surface area contributed by atoms with Gasteiger partial charge in [-0.3, -0.25) is 0 Å². The lowest BCUT2D eigenvalue weighted by Gasteiger charge is -2.39. The molecular formula is C18H13BOS. The largest absolute Gasteiger partial charge is 0.458 e. The second kappa shape index (κ2) is 4.31. The fourth-order valence-electron chi connectivity index (χ4n) is 3.70. The topological polar surface area (TPSA) is 9.23 Å². The van der Waals surface area contributed by atoms with E-state index in [9.17, 15) is 0 Å². The molecule has 3 heteroatoms. The molecule has 0 N–H and O–H groups in total. The van der Waals surface area contributed by atoms with Crippen LogP contribution in [0, 0.1) is 0 Å². The molecule has 0 fully saturated rings. The van der Waals surface area contributed by atoms with Crippen LogP contribution in [0.4, 0.5) is 0 Å². The molecule has 100 valence electrons. The van der Waals surface area contributed by atoms with E-state index in [-0.39, 0.29) is 0 Å². The van der Waals surface area contributed by atoms with E-state index in [0.29, 0.717) is 17.8 Å². The van der Waals surface area contributed by atoms with Crippen molar-refractivity contribution >= 4 is 29.4 Å². The number of rotatable bonds is 0. The summed E-state index contributed by atoms with van der Waals surface area (Å²) in [5.41, 5.74) is 2.70. The van der Waals surface area contributed by atoms with Gasteiger partial charge in [-0.2, -0.15) is 0 Å². The van der Waals surface area contributed by atoms with Gasteiger partial charge in [0.05, 0.1) is 0 Å². The molecule has 2 heterocycles. The van der Waals surface area contributed by atoms with E-state index >= 15 is 0 Å². The van der Waals surface area contributed by atoms with Crippen LogP contribution in [0.3, 0.4) is 0 Å². The Hall–Kier alpha value is -1.87. The molecule has 2 aromatic carbocycles. The molecule has 0 bridgehead atoms.